The average molecular weight is 1020 g/mol. The van der Waals surface area contributed by atoms with E-state index in [9.17, 15) is 4.79 Å². The predicted octanol–water partition coefficient (Wildman–Crippen LogP) is 17.8. The third-order valence-corrected chi connectivity index (χ3v) is 15.6. The highest BCUT2D eigenvalue weighted by atomic mass is 16.7. The minimum atomic E-state index is -0.169. The summed E-state index contributed by atoms with van der Waals surface area (Å²) in [6.07, 6.45) is 44.0. The van der Waals surface area contributed by atoms with Crippen LogP contribution in [-0.4, -0.2) is 100 Å². The van der Waals surface area contributed by atoms with Crippen LogP contribution >= 0.6 is 0 Å². The molecule has 1 aliphatic heterocycles. The van der Waals surface area contributed by atoms with E-state index in [1.807, 2.05) is 4.90 Å². The standard InChI is InChI=1S/C39H72N2O5.C24H46O2/c1-5-9-11-13-15-17-27-43-38(44-28-18-16-14-12-10-6-2)25-24-37(34-22-23-34)46-36-30-35(33-20-21-33)31-41(32-36)39(42)45-29-19-26-40(7-3)8-4;1-4-6-8-10-12-14-20-25-24(19-16-22(3)23-17-18-23)26-21-15-13-11-9-7-5-2/h33,35-36,38H,5-32H2,1-4H3;24H,4-21H2,1-3H3. The number of ether oxygens (including phenoxy) is 6. The van der Waals surface area contributed by atoms with Crippen molar-refractivity contribution in [2.75, 3.05) is 65.8 Å². The molecule has 0 radical (unpaired) electrons. The molecule has 3 aliphatic carbocycles. The number of unbranched alkanes of at least 4 members (excludes halogenated alkanes) is 20. The van der Waals surface area contributed by atoms with Crippen LogP contribution in [0.4, 0.5) is 4.79 Å². The molecule has 0 bridgehead atoms. The Kier molecular flexibility index (Phi) is 39.0. The van der Waals surface area contributed by atoms with E-state index in [1.54, 1.807) is 11.1 Å². The first-order valence-corrected chi connectivity index (χ1v) is 31.5. The van der Waals surface area contributed by atoms with Gasteiger partial charge in [0.2, 0.25) is 0 Å². The Morgan fingerprint density at radius 3 is 1.36 bits per heavy atom. The molecule has 3 saturated carbocycles. The number of amides is 1. The summed E-state index contributed by atoms with van der Waals surface area (Å²) in [4.78, 5) is 17.5. The summed E-state index contributed by atoms with van der Waals surface area (Å²) in [5.41, 5.74) is 4.71. The third-order valence-electron chi connectivity index (χ3n) is 15.6. The van der Waals surface area contributed by atoms with Gasteiger partial charge in [0, 0.05) is 58.8 Å². The Balaban J connectivity index is 0.000000446. The van der Waals surface area contributed by atoms with Crippen molar-refractivity contribution in [3.63, 3.8) is 0 Å². The summed E-state index contributed by atoms with van der Waals surface area (Å²) in [6.45, 7) is 24.0. The molecule has 2 atom stereocenters. The molecule has 1 saturated heterocycles. The number of hydrogen-bond donors (Lipinski definition) is 0. The highest BCUT2D eigenvalue weighted by Gasteiger charge is 2.40. The number of rotatable bonds is 47. The molecule has 422 valence electrons. The van der Waals surface area contributed by atoms with Crippen LogP contribution in [0, 0.1) is 11.8 Å². The smallest absolute Gasteiger partial charge is 0.409 e. The Hall–Kier alpha value is -1.65. The fraction of sp³-hybridized carbons (Fsp3) is 0.921. The van der Waals surface area contributed by atoms with Gasteiger partial charge in [0.05, 0.1) is 18.9 Å². The molecule has 1 heterocycles. The van der Waals surface area contributed by atoms with E-state index in [4.69, 9.17) is 28.4 Å². The van der Waals surface area contributed by atoms with Gasteiger partial charge in [-0.1, -0.05) is 181 Å². The Bertz CT molecular complexity index is 1310. The Morgan fingerprint density at radius 1 is 0.514 bits per heavy atom. The first-order valence-electron chi connectivity index (χ1n) is 31.5. The molecule has 0 aromatic heterocycles. The number of carbonyl (C=O) groups excluding carboxylic acids is 1. The van der Waals surface area contributed by atoms with Crippen LogP contribution in [-0.2, 0) is 28.4 Å². The lowest BCUT2D eigenvalue weighted by molar-refractivity contribution is -0.148. The molecule has 72 heavy (non-hydrogen) atoms. The maximum absolute atomic E-state index is 13.1. The molecular formula is C63H118N2O7. The van der Waals surface area contributed by atoms with Gasteiger partial charge in [0.25, 0.3) is 0 Å². The zero-order chi connectivity index (χ0) is 51.7. The number of allylic oxidation sites excluding steroid dienone is 4. The van der Waals surface area contributed by atoms with Crippen LogP contribution in [0.3, 0.4) is 0 Å². The quantitative estimate of drug-likeness (QED) is 0.0258. The van der Waals surface area contributed by atoms with Crippen molar-refractivity contribution >= 4 is 6.09 Å². The average Bonchev–Trinajstić information content (AvgIpc) is 4.20. The van der Waals surface area contributed by atoms with Gasteiger partial charge < -0.3 is 38.2 Å². The lowest BCUT2D eigenvalue weighted by Gasteiger charge is -2.38. The first kappa shape index (κ1) is 64.6. The van der Waals surface area contributed by atoms with Crippen molar-refractivity contribution < 1.29 is 33.2 Å². The number of carbonyl (C=O) groups is 1. The molecule has 1 amide bonds. The number of hydrogen-bond acceptors (Lipinski definition) is 8. The van der Waals surface area contributed by atoms with Crippen molar-refractivity contribution in [1.82, 2.24) is 9.80 Å². The van der Waals surface area contributed by atoms with Gasteiger partial charge >= 0.3 is 6.09 Å². The summed E-state index contributed by atoms with van der Waals surface area (Å²) < 4.78 is 37.5. The maximum atomic E-state index is 13.1. The third kappa shape index (κ3) is 33.4. The fourth-order valence-corrected chi connectivity index (χ4v) is 10.2. The number of nitrogens with zero attached hydrogens (tertiary/aromatic N) is 2. The molecule has 0 aromatic rings. The molecular weight excluding hydrogens is 897 g/mol. The predicted molar refractivity (Wildman–Crippen MR) is 303 cm³/mol. The summed E-state index contributed by atoms with van der Waals surface area (Å²) in [6, 6.07) is 0. The largest absolute Gasteiger partial charge is 0.493 e. The molecule has 4 rings (SSSR count). The van der Waals surface area contributed by atoms with Crippen LogP contribution in [0.2, 0.25) is 0 Å². The van der Waals surface area contributed by atoms with E-state index >= 15 is 0 Å². The fourth-order valence-electron chi connectivity index (χ4n) is 10.2. The van der Waals surface area contributed by atoms with Crippen molar-refractivity contribution in [2.45, 2.75) is 298 Å². The SMILES string of the molecule is CCCCCCCCOC(CCC(C)=C1CC1)OCCCCCCCC.CCCCCCCCOC(CCC(OC1CC(C2CC2)CN(C(=O)OCCCN(CC)CC)C1)=C1CC1)OCCCCCCCC. The molecule has 2 unspecified atom stereocenters. The topological polar surface area (TPSA) is 78.9 Å². The second-order valence-corrected chi connectivity index (χ2v) is 22.4. The van der Waals surface area contributed by atoms with E-state index in [2.05, 4.69) is 53.4 Å². The lowest BCUT2D eigenvalue weighted by atomic mass is 9.91. The van der Waals surface area contributed by atoms with Crippen LogP contribution in [0.15, 0.2) is 22.5 Å². The van der Waals surface area contributed by atoms with E-state index in [0.29, 0.717) is 19.1 Å². The Morgan fingerprint density at radius 2 is 0.944 bits per heavy atom. The highest BCUT2D eigenvalue weighted by molar-refractivity contribution is 5.67. The number of likely N-dealkylation sites (tertiary alicyclic amines) is 1. The number of piperidine rings is 1. The Labute approximate surface area is 445 Å². The molecule has 9 nitrogen and oxygen atoms in total. The van der Waals surface area contributed by atoms with Gasteiger partial charge in [-0.3, -0.25) is 0 Å². The zero-order valence-corrected chi connectivity index (χ0v) is 48.7. The van der Waals surface area contributed by atoms with Gasteiger partial charge in [0.1, 0.15) is 6.10 Å². The molecule has 0 spiro atoms. The molecule has 0 aromatic carbocycles. The van der Waals surface area contributed by atoms with Crippen molar-refractivity contribution in [3.8, 4) is 0 Å². The normalized spacial score (nSPS) is 17.5. The van der Waals surface area contributed by atoms with E-state index in [1.165, 1.54) is 173 Å². The van der Waals surface area contributed by atoms with E-state index in [0.717, 1.165) is 128 Å². The van der Waals surface area contributed by atoms with Gasteiger partial charge in [-0.2, -0.15) is 0 Å². The second-order valence-electron chi connectivity index (χ2n) is 22.4. The minimum absolute atomic E-state index is 0.00980. The maximum Gasteiger partial charge on any atom is 0.409 e. The van der Waals surface area contributed by atoms with Crippen LogP contribution in [0.25, 0.3) is 0 Å². The minimum Gasteiger partial charge on any atom is -0.493 e. The van der Waals surface area contributed by atoms with Gasteiger partial charge in [0.15, 0.2) is 12.6 Å². The van der Waals surface area contributed by atoms with Gasteiger partial charge in [-0.05, 0) is 121 Å². The second kappa shape index (κ2) is 43.5. The van der Waals surface area contributed by atoms with Gasteiger partial charge in [-0.15, -0.1) is 0 Å². The highest BCUT2D eigenvalue weighted by Crippen LogP contribution is 2.43. The summed E-state index contributed by atoms with van der Waals surface area (Å²) >= 11 is 0. The molecule has 0 N–H and O–H groups in total. The van der Waals surface area contributed by atoms with Crippen molar-refractivity contribution in [2.24, 2.45) is 11.8 Å². The van der Waals surface area contributed by atoms with Gasteiger partial charge in [-0.25, -0.2) is 4.79 Å². The first-order chi connectivity index (χ1) is 35.3. The van der Waals surface area contributed by atoms with Crippen molar-refractivity contribution in [1.29, 1.82) is 0 Å². The zero-order valence-electron chi connectivity index (χ0n) is 48.7. The summed E-state index contributed by atoms with van der Waals surface area (Å²) in [5, 5.41) is 0. The van der Waals surface area contributed by atoms with Crippen LogP contribution in [0.5, 0.6) is 0 Å². The summed E-state index contributed by atoms with van der Waals surface area (Å²) in [5.74, 6) is 2.39. The monoisotopic (exact) mass is 1010 g/mol. The summed E-state index contributed by atoms with van der Waals surface area (Å²) in [7, 11) is 0. The molecule has 4 fully saturated rings. The van der Waals surface area contributed by atoms with E-state index in [-0.39, 0.29) is 24.8 Å². The molecule has 4 aliphatic rings. The van der Waals surface area contributed by atoms with Crippen LogP contribution < -0.4 is 0 Å². The van der Waals surface area contributed by atoms with Crippen molar-refractivity contribution in [3.05, 3.63) is 22.5 Å². The lowest BCUT2D eigenvalue weighted by Crippen LogP contribution is -2.48. The molecule has 9 heteroatoms. The van der Waals surface area contributed by atoms with E-state index < -0.39 is 0 Å². The van der Waals surface area contributed by atoms with Crippen LogP contribution in [0.1, 0.15) is 280 Å².